The van der Waals surface area contributed by atoms with E-state index in [1.807, 2.05) is 6.07 Å². The lowest BCUT2D eigenvalue weighted by Gasteiger charge is -2.13. The monoisotopic (exact) mass is 423 g/mol. The smallest absolute Gasteiger partial charge is 0.290 e. The second-order valence-electron chi connectivity index (χ2n) is 6.46. The molecule has 2 aromatic carbocycles. The number of hydrogen-bond acceptors (Lipinski definition) is 7. The maximum Gasteiger partial charge on any atom is 0.290 e. The first-order valence-corrected chi connectivity index (χ1v) is 9.78. The minimum Gasteiger partial charge on any atom is -0.493 e. The van der Waals surface area contributed by atoms with Crippen LogP contribution in [0, 0.1) is 0 Å². The van der Waals surface area contributed by atoms with E-state index in [4.69, 9.17) is 9.47 Å². The molecule has 0 radical (unpaired) electrons. The molecule has 30 heavy (non-hydrogen) atoms. The molecule has 0 aliphatic carbocycles. The highest BCUT2D eigenvalue weighted by Gasteiger charge is 2.25. The molecule has 9 heteroatoms. The predicted octanol–water partition coefficient (Wildman–Crippen LogP) is 2.85. The Bertz CT molecular complexity index is 1270. The molecule has 0 bridgehead atoms. The van der Waals surface area contributed by atoms with Crippen LogP contribution >= 0.6 is 11.8 Å². The molecule has 0 spiro atoms. The number of imide groups is 1. The minimum atomic E-state index is -0.424. The molecule has 1 aliphatic rings. The van der Waals surface area contributed by atoms with E-state index in [0.717, 1.165) is 11.8 Å². The van der Waals surface area contributed by atoms with Gasteiger partial charge in [0.25, 0.3) is 16.7 Å². The molecule has 1 N–H and O–H groups in total. The lowest BCUT2D eigenvalue weighted by Crippen LogP contribution is -2.23. The number of carbonyl (C=O) groups is 2. The second kappa shape index (κ2) is 8.03. The number of benzene rings is 2. The summed E-state index contributed by atoms with van der Waals surface area (Å²) >= 11 is 0.846. The molecule has 4 rings (SSSR count). The number of methoxy groups -OCH3 is 1. The van der Waals surface area contributed by atoms with Gasteiger partial charge in [-0.3, -0.25) is 24.3 Å². The third-order valence-corrected chi connectivity index (χ3v) is 5.37. The highest BCUT2D eigenvalue weighted by molar-refractivity contribution is 8.18. The van der Waals surface area contributed by atoms with Crippen molar-refractivity contribution in [2.75, 3.05) is 7.11 Å². The van der Waals surface area contributed by atoms with Gasteiger partial charge in [-0.1, -0.05) is 18.2 Å². The van der Waals surface area contributed by atoms with Crippen molar-refractivity contribution in [2.45, 2.75) is 6.61 Å². The summed E-state index contributed by atoms with van der Waals surface area (Å²) < 4.78 is 12.7. The van der Waals surface area contributed by atoms with Crippen LogP contribution in [-0.4, -0.2) is 27.8 Å². The van der Waals surface area contributed by atoms with Gasteiger partial charge in [-0.2, -0.15) is 0 Å². The number of amides is 2. The quantitative estimate of drug-likeness (QED) is 0.630. The number of aromatic nitrogens is 2. The zero-order valence-corrected chi connectivity index (χ0v) is 17.0. The number of ether oxygens (including phenoxy) is 2. The maximum atomic E-state index is 12.5. The highest BCUT2D eigenvalue weighted by atomic mass is 32.2. The Labute approximate surface area is 175 Å². The second-order valence-corrected chi connectivity index (χ2v) is 7.48. The van der Waals surface area contributed by atoms with Crippen LogP contribution in [0.4, 0.5) is 4.79 Å². The number of nitrogens with zero attached hydrogens (tertiary/aromatic N) is 2. The van der Waals surface area contributed by atoms with Gasteiger partial charge in [0, 0.05) is 7.05 Å². The van der Waals surface area contributed by atoms with Gasteiger partial charge in [-0.15, -0.1) is 0 Å². The molecule has 2 heterocycles. The molecule has 1 saturated heterocycles. The summed E-state index contributed by atoms with van der Waals surface area (Å²) in [6, 6.07) is 12.3. The van der Waals surface area contributed by atoms with Gasteiger partial charge in [-0.25, -0.2) is 4.98 Å². The van der Waals surface area contributed by atoms with Gasteiger partial charge >= 0.3 is 0 Å². The molecule has 0 atom stereocenters. The molecule has 1 aromatic heterocycles. The number of nitrogens with one attached hydrogen (secondary N) is 1. The SMILES string of the molecule is COc1cc(C=C2SC(=O)NC2=O)ccc1OCc1nc2ccccc2c(=O)n1C. The van der Waals surface area contributed by atoms with Gasteiger partial charge in [0.2, 0.25) is 0 Å². The average molecular weight is 423 g/mol. The number of para-hydroxylation sites is 1. The van der Waals surface area contributed by atoms with Gasteiger partial charge < -0.3 is 9.47 Å². The lowest BCUT2D eigenvalue weighted by atomic mass is 10.2. The van der Waals surface area contributed by atoms with E-state index in [0.29, 0.717) is 38.7 Å². The van der Waals surface area contributed by atoms with Gasteiger partial charge in [0.1, 0.15) is 12.4 Å². The van der Waals surface area contributed by atoms with E-state index in [1.165, 1.54) is 11.7 Å². The van der Waals surface area contributed by atoms with Gasteiger partial charge in [-0.05, 0) is 47.7 Å². The van der Waals surface area contributed by atoms with E-state index in [2.05, 4.69) is 10.3 Å². The molecule has 1 fully saturated rings. The van der Waals surface area contributed by atoms with E-state index >= 15 is 0 Å². The number of carbonyl (C=O) groups excluding carboxylic acids is 2. The molecule has 1 aliphatic heterocycles. The molecular formula is C21H17N3O5S. The fraction of sp³-hybridized carbons (Fsp3) is 0.143. The Hall–Kier alpha value is -3.59. The van der Waals surface area contributed by atoms with Crippen molar-refractivity contribution in [3.05, 3.63) is 69.1 Å². The van der Waals surface area contributed by atoms with E-state index < -0.39 is 11.1 Å². The molecular weight excluding hydrogens is 406 g/mol. The van der Waals surface area contributed by atoms with Gasteiger partial charge in [0.05, 0.1) is 22.9 Å². The Balaban J connectivity index is 1.58. The van der Waals surface area contributed by atoms with E-state index in [9.17, 15) is 14.4 Å². The Morgan fingerprint density at radius 1 is 1.13 bits per heavy atom. The summed E-state index contributed by atoms with van der Waals surface area (Å²) in [6.07, 6.45) is 1.60. The summed E-state index contributed by atoms with van der Waals surface area (Å²) in [5, 5.41) is 2.36. The van der Waals surface area contributed by atoms with Crippen molar-refractivity contribution in [1.29, 1.82) is 0 Å². The first-order valence-electron chi connectivity index (χ1n) is 8.96. The van der Waals surface area contributed by atoms with Crippen LogP contribution in [0.2, 0.25) is 0 Å². The predicted molar refractivity (Wildman–Crippen MR) is 113 cm³/mol. The van der Waals surface area contributed by atoms with E-state index in [-0.39, 0.29) is 12.2 Å². The molecule has 2 amide bonds. The average Bonchev–Trinajstić information content (AvgIpc) is 3.06. The Morgan fingerprint density at radius 3 is 2.67 bits per heavy atom. The fourth-order valence-corrected chi connectivity index (χ4v) is 3.68. The van der Waals surface area contributed by atoms with Crippen molar-refractivity contribution < 1.29 is 19.1 Å². The van der Waals surface area contributed by atoms with Crippen LogP contribution in [-0.2, 0) is 18.4 Å². The van der Waals surface area contributed by atoms with Crippen LogP contribution in [0.25, 0.3) is 17.0 Å². The third kappa shape index (κ3) is 3.79. The van der Waals surface area contributed by atoms with Crippen LogP contribution in [0.5, 0.6) is 11.5 Å². The largest absolute Gasteiger partial charge is 0.493 e. The zero-order valence-electron chi connectivity index (χ0n) is 16.2. The molecule has 0 unspecified atom stereocenters. The molecule has 8 nitrogen and oxygen atoms in total. The first-order chi connectivity index (χ1) is 14.5. The van der Waals surface area contributed by atoms with Crippen LogP contribution in [0.1, 0.15) is 11.4 Å². The number of fused-ring (bicyclic) bond motifs is 1. The number of hydrogen-bond donors (Lipinski definition) is 1. The van der Waals surface area contributed by atoms with Crippen molar-refractivity contribution >= 4 is 39.9 Å². The van der Waals surface area contributed by atoms with Crippen LogP contribution in [0.15, 0.2) is 52.2 Å². The van der Waals surface area contributed by atoms with Crippen molar-refractivity contribution in [3.8, 4) is 11.5 Å². The van der Waals surface area contributed by atoms with E-state index in [1.54, 1.807) is 49.5 Å². The fourth-order valence-electron chi connectivity index (χ4n) is 3.00. The molecule has 3 aromatic rings. The summed E-state index contributed by atoms with van der Waals surface area (Å²) in [5.74, 6) is 0.962. The summed E-state index contributed by atoms with van der Waals surface area (Å²) in [7, 11) is 3.16. The lowest BCUT2D eigenvalue weighted by molar-refractivity contribution is -0.115. The summed E-state index contributed by atoms with van der Waals surface area (Å²) in [4.78, 5) is 40.4. The number of thioether (sulfide) groups is 1. The van der Waals surface area contributed by atoms with Gasteiger partial charge in [0.15, 0.2) is 11.5 Å². The molecule has 0 saturated carbocycles. The zero-order chi connectivity index (χ0) is 21.3. The van der Waals surface area contributed by atoms with Crippen molar-refractivity contribution in [2.24, 2.45) is 7.05 Å². The highest BCUT2D eigenvalue weighted by Crippen LogP contribution is 2.32. The topological polar surface area (TPSA) is 99.5 Å². The summed E-state index contributed by atoms with van der Waals surface area (Å²) in [6.45, 7) is 0.0696. The summed E-state index contributed by atoms with van der Waals surface area (Å²) in [5.41, 5.74) is 1.15. The molecule has 152 valence electrons. The maximum absolute atomic E-state index is 12.5. The Morgan fingerprint density at radius 2 is 1.93 bits per heavy atom. The number of rotatable bonds is 5. The minimum absolute atomic E-state index is 0.0696. The van der Waals surface area contributed by atoms with Crippen LogP contribution < -0.4 is 20.3 Å². The normalized spacial score (nSPS) is 14.9. The van der Waals surface area contributed by atoms with Crippen LogP contribution in [0.3, 0.4) is 0 Å². The third-order valence-electron chi connectivity index (χ3n) is 4.56. The standard InChI is InChI=1S/C21H17N3O5S/c1-24-18(22-14-6-4-3-5-13(14)20(24)26)11-29-15-8-7-12(9-16(15)28-2)10-17-19(25)23-21(27)30-17/h3-10H,11H2,1-2H3,(H,23,25,27). The first kappa shape index (κ1) is 19.7. The van der Waals surface area contributed by atoms with Crippen molar-refractivity contribution in [3.63, 3.8) is 0 Å². The Kier molecular flexibility index (Phi) is 5.28. The van der Waals surface area contributed by atoms with Crippen molar-refractivity contribution in [1.82, 2.24) is 14.9 Å².